The molecular formula is C32H31NO5. The lowest BCUT2D eigenvalue weighted by atomic mass is 10.0. The van der Waals surface area contributed by atoms with E-state index >= 15 is 0 Å². The molecule has 0 fully saturated rings. The number of fused-ring (bicyclic) bond motifs is 1. The van der Waals surface area contributed by atoms with Crippen LogP contribution in [-0.2, 0) is 22.6 Å². The SMILES string of the molecule is O=C(O)C=Cc1cn(CCCC(=O)O)c2cccc(C=Cc3ccc(OCCCc4ccccc4)cc3)c12. The van der Waals surface area contributed by atoms with Crippen LogP contribution in [0.3, 0.4) is 0 Å². The predicted octanol–water partition coefficient (Wildman–Crippen LogP) is 6.79. The van der Waals surface area contributed by atoms with Crippen molar-refractivity contribution in [1.29, 1.82) is 0 Å². The lowest BCUT2D eigenvalue weighted by Crippen LogP contribution is -2.00. The first-order valence-corrected chi connectivity index (χ1v) is 12.7. The van der Waals surface area contributed by atoms with Gasteiger partial charge in [-0.05, 0) is 60.2 Å². The van der Waals surface area contributed by atoms with E-state index in [0.29, 0.717) is 19.6 Å². The molecule has 6 nitrogen and oxygen atoms in total. The van der Waals surface area contributed by atoms with Crippen LogP contribution >= 0.6 is 0 Å². The molecule has 0 aliphatic rings. The second kappa shape index (κ2) is 13.1. The zero-order chi connectivity index (χ0) is 26.7. The van der Waals surface area contributed by atoms with Crippen LogP contribution in [0.15, 0.2) is 85.1 Å². The molecule has 0 atom stereocenters. The number of ether oxygens (including phenoxy) is 1. The third-order valence-electron chi connectivity index (χ3n) is 6.22. The smallest absolute Gasteiger partial charge is 0.328 e. The molecule has 0 aliphatic carbocycles. The Morgan fingerprint density at radius 2 is 1.61 bits per heavy atom. The van der Waals surface area contributed by atoms with Gasteiger partial charge in [0.2, 0.25) is 0 Å². The number of carboxylic acid groups (broad SMARTS) is 2. The molecule has 0 amide bonds. The summed E-state index contributed by atoms with van der Waals surface area (Å²) in [6, 6.07) is 24.2. The van der Waals surface area contributed by atoms with Crippen molar-refractivity contribution in [2.75, 3.05) is 6.61 Å². The molecule has 3 aromatic carbocycles. The molecule has 1 heterocycles. The summed E-state index contributed by atoms with van der Waals surface area (Å²) < 4.78 is 7.88. The van der Waals surface area contributed by atoms with Crippen LogP contribution < -0.4 is 4.74 Å². The van der Waals surface area contributed by atoms with Gasteiger partial charge in [0.25, 0.3) is 0 Å². The highest BCUT2D eigenvalue weighted by Crippen LogP contribution is 2.28. The topological polar surface area (TPSA) is 88.8 Å². The molecule has 1 aromatic heterocycles. The van der Waals surface area contributed by atoms with Gasteiger partial charge in [0.15, 0.2) is 0 Å². The van der Waals surface area contributed by atoms with Crippen LogP contribution in [0.2, 0.25) is 0 Å². The summed E-state index contributed by atoms with van der Waals surface area (Å²) in [5, 5.41) is 19.1. The quantitative estimate of drug-likeness (QED) is 0.118. The van der Waals surface area contributed by atoms with Crippen molar-refractivity contribution < 1.29 is 24.5 Å². The zero-order valence-electron chi connectivity index (χ0n) is 21.1. The summed E-state index contributed by atoms with van der Waals surface area (Å²) in [5.74, 6) is -1.02. The second-order valence-electron chi connectivity index (χ2n) is 9.03. The van der Waals surface area contributed by atoms with Gasteiger partial charge in [0.05, 0.1) is 6.61 Å². The number of hydrogen-bond donors (Lipinski definition) is 2. The highest BCUT2D eigenvalue weighted by molar-refractivity contribution is 5.99. The molecule has 6 heteroatoms. The molecule has 0 saturated heterocycles. The van der Waals surface area contributed by atoms with Crippen LogP contribution in [0.25, 0.3) is 29.1 Å². The third-order valence-corrected chi connectivity index (χ3v) is 6.22. The van der Waals surface area contributed by atoms with E-state index in [1.165, 1.54) is 5.56 Å². The van der Waals surface area contributed by atoms with E-state index < -0.39 is 11.9 Å². The van der Waals surface area contributed by atoms with Gasteiger partial charge in [0.1, 0.15) is 5.75 Å². The summed E-state index contributed by atoms with van der Waals surface area (Å²) in [7, 11) is 0. The minimum absolute atomic E-state index is 0.0757. The Morgan fingerprint density at radius 3 is 2.34 bits per heavy atom. The van der Waals surface area contributed by atoms with E-state index in [1.54, 1.807) is 6.08 Å². The Morgan fingerprint density at radius 1 is 0.816 bits per heavy atom. The fraction of sp³-hybridized carbons (Fsp3) is 0.188. The summed E-state index contributed by atoms with van der Waals surface area (Å²) in [4.78, 5) is 22.1. The maximum absolute atomic E-state index is 11.2. The van der Waals surface area contributed by atoms with Gasteiger partial charge in [0, 0.05) is 41.7 Å². The van der Waals surface area contributed by atoms with Gasteiger partial charge >= 0.3 is 11.9 Å². The fourth-order valence-electron chi connectivity index (χ4n) is 4.40. The molecule has 0 aliphatic heterocycles. The van der Waals surface area contributed by atoms with Gasteiger partial charge in [-0.3, -0.25) is 4.79 Å². The predicted molar refractivity (Wildman–Crippen MR) is 151 cm³/mol. The summed E-state index contributed by atoms with van der Waals surface area (Å²) in [6.45, 7) is 1.19. The Kier molecular flexibility index (Phi) is 9.13. The van der Waals surface area contributed by atoms with E-state index in [4.69, 9.17) is 14.9 Å². The molecule has 0 unspecified atom stereocenters. The summed E-state index contributed by atoms with van der Waals surface area (Å²) in [5.41, 5.74) is 4.98. The molecule has 0 saturated carbocycles. The molecule has 0 spiro atoms. The van der Waals surface area contributed by atoms with Crippen molar-refractivity contribution in [2.24, 2.45) is 0 Å². The number of carboxylic acids is 2. The highest BCUT2D eigenvalue weighted by atomic mass is 16.5. The van der Waals surface area contributed by atoms with Gasteiger partial charge < -0.3 is 19.5 Å². The number of nitrogens with zero attached hydrogens (tertiary/aromatic N) is 1. The minimum atomic E-state index is -1.02. The van der Waals surface area contributed by atoms with Crippen molar-refractivity contribution in [2.45, 2.75) is 32.2 Å². The maximum atomic E-state index is 11.2. The number of aliphatic carboxylic acids is 2. The van der Waals surface area contributed by atoms with E-state index in [-0.39, 0.29) is 6.42 Å². The lowest BCUT2D eigenvalue weighted by Gasteiger charge is -2.07. The standard InChI is InChI=1S/C32H31NO5/c34-30(35)12-5-21-33-23-27(17-20-31(36)37)32-26(10-4-11-29(32)33)16-13-25-14-18-28(19-15-25)38-22-6-9-24-7-2-1-3-8-24/h1-4,7-8,10-11,13-20,23H,5-6,9,12,21-22H2,(H,34,35)(H,36,37). The number of aromatic nitrogens is 1. The number of hydrogen-bond acceptors (Lipinski definition) is 3. The summed E-state index contributed by atoms with van der Waals surface area (Å²) in [6.07, 6.45) is 11.1. The number of benzene rings is 3. The second-order valence-corrected chi connectivity index (χ2v) is 9.03. The van der Waals surface area contributed by atoms with E-state index in [9.17, 15) is 9.59 Å². The van der Waals surface area contributed by atoms with E-state index in [2.05, 4.69) is 24.3 Å². The average molecular weight is 510 g/mol. The van der Waals surface area contributed by atoms with Crippen molar-refractivity contribution in [1.82, 2.24) is 4.57 Å². The van der Waals surface area contributed by atoms with Crippen molar-refractivity contribution in [3.05, 3.63) is 107 Å². The molecule has 4 rings (SSSR count). The normalized spacial score (nSPS) is 11.5. The van der Waals surface area contributed by atoms with Crippen LogP contribution in [0.1, 0.15) is 41.5 Å². The molecule has 0 bridgehead atoms. The molecule has 38 heavy (non-hydrogen) atoms. The first kappa shape index (κ1) is 26.5. The van der Waals surface area contributed by atoms with Gasteiger partial charge in [-0.2, -0.15) is 0 Å². The van der Waals surface area contributed by atoms with E-state index in [1.807, 2.05) is 71.4 Å². The van der Waals surface area contributed by atoms with Crippen LogP contribution in [0.4, 0.5) is 0 Å². The number of aryl methyl sites for hydroxylation is 2. The molecular weight excluding hydrogens is 478 g/mol. The van der Waals surface area contributed by atoms with Gasteiger partial charge in [-0.15, -0.1) is 0 Å². The largest absolute Gasteiger partial charge is 0.494 e. The maximum Gasteiger partial charge on any atom is 0.328 e. The Balaban J connectivity index is 1.46. The molecule has 2 N–H and O–H groups in total. The number of carbonyl (C=O) groups is 2. The third kappa shape index (κ3) is 7.46. The number of rotatable bonds is 13. The zero-order valence-corrected chi connectivity index (χ0v) is 21.1. The Bertz CT molecular complexity index is 1430. The van der Waals surface area contributed by atoms with Gasteiger partial charge in [-0.25, -0.2) is 4.79 Å². The molecule has 4 aromatic rings. The molecule has 0 radical (unpaired) electrons. The van der Waals surface area contributed by atoms with Crippen LogP contribution in [-0.4, -0.2) is 33.3 Å². The van der Waals surface area contributed by atoms with Crippen LogP contribution in [0, 0.1) is 0 Å². The van der Waals surface area contributed by atoms with Crippen molar-refractivity contribution >= 4 is 41.1 Å². The lowest BCUT2D eigenvalue weighted by molar-refractivity contribution is -0.137. The monoisotopic (exact) mass is 509 g/mol. The minimum Gasteiger partial charge on any atom is -0.494 e. The highest BCUT2D eigenvalue weighted by Gasteiger charge is 2.11. The van der Waals surface area contributed by atoms with E-state index in [0.717, 1.165) is 52.3 Å². The molecule has 194 valence electrons. The fourth-order valence-corrected chi connectivity index (χ4v) is 4.40. The average Bonchev–Trinajstić information content (AvgIpc) is 3.28. The first-order valence-electron chi connectivity index (χ1n) is 12.7. The van der Waals surface area contributed by atoms with Crippen molar-refractivity contribution in [3.8, 4) is 5.75 Å². The summed E-state index contributed by atoms with van der Waals surface area (Å²) >= 11 is 0. The first-order chi connectivity index (χ1) is 18.5. The van der Waals surface area contributed by atoms with Crippen LogP contribution in [0.5, 0.6) is 5.75 Å². The van der Waals surface area contributed by atoms with Gasteiger partial charge in [-0.1, -0.05) is 66.7 Å². The Hall–Kier alpha value is -4.58. The Labute approximate surface area is 222 Å². The van der Waals surface area contributed by atoms with Crippen molar-refractivity contribution in [3.63, 3.8) is 0 Å².